The van der Waals surface area contributed by atoms with E-state index in [-0.39, 0.29) is 0 Å². The molecule has 3 rings (SSSR count). The largest absolute Gasteiger partial charge is 0.495 e. The minimum Gasteiger partial charge on any atom is -0.495 e. The number of benzene rings is 1. The van der Waals surface area contributed by atoms with Crippen LogP contribution in [0.1, 0.15) is 5.56 Å². The van der Waals surface area contributed by atoms with Gasteiger partial charge in [-0.15, -0.1) is 0 Å². The Balaban J connectivity index is 1.98. The van der Waals surface area contributed by atoms with E-state index in [4.69, 9.17) is 9.47 Å². The molecule has 98 valence electrons. The molecule has 4 nitrogen and oxygen atoms in total. The lowest BCUT2D eigenvalue weighted by Gasteiger charge is -2.09. The molecule has 1 aromatic heterocycles. The first kappa shape index (κ1) is 12.0. The van der Waals surface area contributed by atoms with Gasteiger partial charge in [-0.05, 0) is 23.8 Å². The van der Waals surface area contributed by atoms with Crippen LogP contribution in [0.5, 0.6) is 11.5 Å². The van der Waals surface area contributed by atoms with Gasteiger partial charge in [-0.2, -0.15) is 0 Å². The Labute approximate surface area is 112 Å². The number of hydrogen-bond donors (Lipinski definition) is 1. The van der Waals surface area contributed by atoms with Gasteiger partial charge in [0.2, 0.25) is 0 Å². The Morgan fingerprint density at radius 1 is 1.21 bits per heavy atom. The van der Waals surface area contributed by atoms with Crippen LogP contribution in [0.15, 0.2) is 36.7 Å². The van der Waals surface area contributed by atoms with E-state index >= 15 is 0 Å². The van der Waals surface area contributed by atoms with Gasteiger partial charge in [0.1, 0.15) is 18.1 Å². The zero-order valence-electron chi connectivity index (χ0n) is 10.8. The van der Waals surface area contributed by atoms with Crippen LogP contribution in [0.4, 0.5) is 0 Å². The number of ether oxygens (including phenoxy) is 2. The molecule has 0 aliphatic carbocycles. The first-order valence-corrected chi connectivity index (χ1v) is 6.32. The number of aromatic nitrogens is 1. The van der Waals surface area contributed by atoms with Crippen LogP contribution in [0.2, 0.25) is 0 Å². The summed E-state index contributed by atoms with van der Waals surface area (Å²) in [5.74, 6) is 1.73. The lowest BCUT2D eigenvalue weighted by atomic mass is 10.0. The summed E-state index contributed by atoms with van der Waals surface area (Å²) in [5.41, 5.74) is 3.35. The Bertz CT molecular complexity index is 584. The Morgan fingerprint density at radius 3 is 3.05 bits per heavy atom. The standard InChI is InChI=1S/C15H16N2O2/c1-18-14-7-12(8-17-10-14)11-2-3-15-13(6-11)9-16-4-5-19-15/h2-3,6-8,10,16H,4-5,9H2,1H3. The second kappa shape index (κ2) is 5.28. The van der Waals surface area contributed by atoms with Crippen molar-refractivity contribution in [2.24, 2.45) is 0 Å². The molecule has 0 radical (unpaired) electrons. The minimum absolute atomic E-state index is 0.715. The third-order valence-corrected chi connectivity index (χ3v) is 3.19. The molecule has 0 unspecified atom stereocenters. The molecule has 0 atom stereocenters. The highest BCUT2D eigenvalue weighted by Gasteiger charge is 2.10. The molecular weight excluding hydrogens is 240 g/mol. The quantitative estimate of drug-likeness (QED) is 0.895. The molecule has 0 bridgehead atoms. The van der Waals surface area contributed by atoms with Gasteiger partial charge >= 0.3 is 0 Å². The predicted octanol–water partition coefficient (Wildman–Crippen LogP) is 2.24. The van der Waals surface area contributed by atoms with Gasteiger partial charge in [0.15, 0.2) is 0 Å². The number of hydrogen-bond acceptors (Lipinski definition) is 4. The van der Waals surface area contributed by atoms with Crippen molar-refractivity contribution in [3.05, 3.63) is 42.2 Å². The highest BCUT2D eigenvalue weighted by atomic mass is 16.5. The topological polar surface area (TPSA) is 43.4 Å². The van der Waals surface area contributed by atoms with E-state index in [0.717, 1.165) is 35.7 Å². The van der Waals surface area contributed by atoms with Gasteiger partial charge in [0.05, 0.1) is 13.3 Å². The third kappa shape index (κ3) is 2.53. The zero-order chi connectivity index (χ0) is 13.1. The van der Waals surface area contributed by atoms with Crippen molar-refractivity contribution in [1.82, 2.24) is 10.3 Å². The van der Waals surface area contributed by atoms with Crippen molar-refractivity contribution in [2.75, 3.05) is 20.3 Å². The van der Waals surface area contributed by atoms with Crippen molar-refractivity contribution >= 4 is 0 Å². The fourth-order valence-electron chi connectivity index (χ4n) is 2.18. The first-order valence-electron chi connectivity index (χ1n) is 6.32. The second-order valence-corrected chi connectivity index (χ2v) is 4.46. The molecule has 19 heavy (non-hydrogen) atoms. The van der Waals surface area contributed by atoms with Crippen molar-refractivity contribution in [3.8, 4) is 22.6 Å². The van der Waals surface area contributed by atoms with Crippen molar-refractivity contribution in [3.63, 3.8) is 0 Å². The van der Waals surface area contributed by atoms with Crippen LogP contribution in [0, 0.1) is 0 Å². The predicted molar refractivity (Wildman–Crippen MR) is 73.4 cm³/mol. The van der Waals surface area contributed by atoms with Gasteiger partial charge in [0, 0.05) is 30.4 Å². The number of rotatable bonds is 2. The highest BCUT2D eigenvalue weighted by Crippen LogP contribution is 2.28. The van der Waals surface area contributed by atoms with Crippen LogP contribution in [0.3, 0.4) is 0 Å². The third-order valence-electron chi connectivity index (χ3n) is 3.19. The molecule has 1 aliphatic rings. The Hall–Kier alpha value is -2.07. The highest BCUT2D eigenvalue weighted by molar-refractivity contribution is 5.66. The molecule has 1 aromatic carbocycles. The first-order chi connectivity index (χ1) is 9.36. The number of pyridine rings is 1. The van der Waals surface area contributed by atoms with Gasteiger partial charge in [-0.25, -0.2) is 0 Å². The molecule has 0 fully saturated rings. The van der Waals surface area contributed by atoms with E-state index in [1.165, 1.54) is 5.56 Å². The fraction of sp³-hybridized carbons (Fsp3) is 0.267. The monoisotopic (exact) mass is 256 g/mol. The molecule has 2 aromatic rings. The molecular formula is C15H16N2O2. The summed E-state index contributed by atoms with van der Waals surface area (Å²) < 4.78 is 10.9. The van der Waals surface area contributed by atoms with Crippen molar-refractivity contribution in [2.45, 2.75) is 6.54 Å². The average Bonchev–Trinajstić information content (AvgIpc) is 2.71. The summed E-state index contributed by atoms with van der Waals surface area (Å²) in [7, 11) is 1.65. The molecule has 0 saturated carbocycles. The van der Waals surface area contributed by atoms with Crippen molar-refractivity contribution in [1.29, 1.82) is 0 Å². The summed E-state index contributed by atoms with van der Waals surface area (Å²) in [6.07, 6.45) is 3.55. The maximum atomic E-state index is 5.68. The second-order valence-electron chi connectivity index (χ2n) is 4.46. The Morgan fingerprint density at radius 2 is 2.16 bits per heavy atom. The van der Waals surface area contributed by atoms with Gasteiger partial charge < -0.3 is 14.8 Å². The number of fused-ring (bicyclic) bond motifs is 1. The van der Waals surface area contributed by atoms with Gasteiger partial charge in [-0.1, -0.05) is 6.07 Å². The molecule has 1 N–H and O–H groups in total. The lowest BCUT2D eigenvalue weighted by Crippen LogP contribution is -2.16. The molecule has 0 spiro atoms. The van der Waals surface area contributed by atoms with E-state index in [1.807, 2.05) is 18.3 Å². The Kier molecular flexibility index (Phi) is 3.33. The smallest absolute Gasteiger partial charge is 0.137 e. The van der Waals surface area contributed by atoms with E-state index in [0.29, 0.717) is 6.61 Å². The van der Waals surface area contributed by atoms with Gasteiger partial charge in [-0.3, -0.25) is 4.98 Å². The summed E-state index contributed by atoms with van der Waals surface area (Å²) in [5, 5.41) is 3.34. The zero-order valence-corrected chi connectivity index (χ0v) is 10.8. The van der Waals surface area contributed by atoms with Crippen LogP contribution in [-0.4, -0.2) is 25.2 Å². The summed E-state index contributed by atoms with van der Waals surface area (Å²) in [6, 6.07) is 8.21. The van der Waals surface area contributed by atoms with E-state index in [1.54, 1.807) is 13.3 Å². The molecule has 1 aliphatic heterocycles. The molecule has 0 saturated heterocycles. The number of nitrogens with one attached hydrogen (secondary N) is 1. The van der Waals surface area contributed by atoms with E-state index in [9.17, 15) is 0 Å². The number of nitrogens with zero attached hydrogens (tertiary/aromatic N) is 1. The molecule has 2 heterocycles. The SMILES string of the molecule is COc1cncc(-c2ccc3c(c2)CNCCO3)c1. The minimum atomic E-state index is 0.715. The summed E-state index contributed by atoms with van der Waals surface area (Å²) in [4.78, 5) is 4.19. The van der Waals surface area contributed by atoms with E-state index < -0.39 is 0 Å². The average molecular weight is 256 g/mol. The summed E-state index contributed by atoms with van der Waals surface area (Å²) >= 11 is 0. The van der Waals surface area contributed by atoms with Crippen LogP contribution >= 0.6 is 0 Å². The summed E-state index contributed by atoms with van der Waals surface area (Å²) in [6.45, 7) is 2.43. The lowest BCUT2D eigenvalue weighted by molar-refractivity contribution is 0.326. The normalized spacial score (nSPS) is 14.2. The maximum absolute atomic E-state index is 5.68. The number of methoxy groups -OCH3 is 1. The van der Waals surface area contributed by atoms with Gasteiger partial charge in [0.25, 0.3) is 0 Å². The van der Waals surface area contributed by atoms with Crippen molar-refractivity contribution < 1.29 is 9.47 Å². The van der Waals surface area contributed by atoms with Crippen LogP contribution in [-0.2, 0) is 6.54 Å². The molecule has 4 heteroatoms. The fourth-order valence-corrected chi connectivity index (χ4v) is 2.18. The maximum Gasteiger partial charge on any atom is 0.137 e. The van der Waals surface area contributed by atoms with Crippen LogP contribution < -0.4 is 14.8 Å². The van der Waals surface area contributed by atoms with Crippen LogP contribution in [0.25, 0.3) is 11.1 Å². The van der Waals surface area contributed by atoms with E-state index in [2.05, 4.69) is 22.4 Å². The molecule has 0 amide bonds.